The van der Waals surface area contributed by atoms with Gasteiger partial charge >= 0.3 is 0 Å². The maximum absolute atomic E-state index is 13.7. The summed E-state index contributed by atoms with van der Waals surface area (Å²) in [6, 6.07) is 7.45. The van der Waals surface area contributed by atoms with E-state index in [9.17, 15) is 22.0 Å². The van der Waals surface area contributed by atoms with Gasteiger partial charge in [0.05, 0.1) is 17.6 Å². The van der Waals surface area contributed by atoms with Gasteiger partial charge in [0.1, 0.15) is 11.6 Å². The lowest BCUT2D eigenvalue weighted by atomic mass is 10.1. The van der Waals surface area contributed by atoms with Crippen LogP contribution in [-0.4, -0.2) is 20.6 Å². The third-order valence-corrected chi connectivity index (χ3v) is 3.49. The number of benzene rings is 2. The number of amides is 1. The highest BCUT2D eigenvalue weighted by Gasteiger charge is 2.14. The van der Waals surface area contributed by atoms with Gasteiger partial charge in [0.15, 0.2) is 0 Å². The Kier molecular flexibility index (Phi) is 4.65. The number of hydrogen-bond donors (Lipinski definition) is 2. The van der Waals surface area contributed by atoms with E-state index in [1.54, 1.807) is 13.0 Å². The second kappa shape index (κ2) is 6.33. The minimum Gasteiger partial charge on any atom is -0.319 e. The van der Waals surface area contributed by atoms with Crippen molar-refractivity contribution in [3.63, 3.8) is 0 Å². The number of anilines is 2. The standard InChI is InChI=1S/C15H14F2N2O3S/c1-9-3-6-13(12(17)7-9)18-15(20)10-4-5-11(16)14(8-10)19-23(2,21)22/h3-8,19H,1-2H3,(H,18,20). The van der Waals surface area contributed by atoms with Crippen molar-refractivity contribution in [2.75, 3.05) is 16.3 Å². The van der Waals surface area contributed by atoms with Crippen LogP contribution in [0.4, 0.5) is 20.2 Å². The van der Waals surface area contributed by atoms with E-state index < -0.39 is 27.6 Å². The van der Waals surface area contributed by atoms with Gasteiger partial charge in [0.25, 0.3) is 5.91 Å². The molecule has 23 heavy (non-hydrogen) atoms. The molecule has 0 radical (unpaired) electrons. The predicted molar refractivity (Wildman–Crippen MR) is 84.0 cm³/mol. The summed E-state index contributed by atoms with van der Waals surface area (Å²) in [4.78, 5) is 12.1. The highest BCUT2D eigenvalue weighted by atomic mass is 32.2. The van der Waals surface area contributed by atoms with Crippen molar-refractivity contribution in [2.24, 2.45) is 0 Å². The van der Waals surface area contributed by atoms with E-state index in [4.69, 9.17) is 0 Å². The zero-order valence-electron chi connectivity index (χ0n) is 12.4. The van der Waals surface area contributed by atoms with Crippen LogP contribution in [0.3, 0.4) is 0 Å². The largest absolute Gasteiger partial charge is 0.319 e. The lowest BCUT2D eigenvalue weighted by Crippen LogP contribution is -2.15. The van der Waals surface area contributed by atoms with E-state index in [-0.39, 0.29) is 16.9 Å². The molecule has 0 atom stereocenters. The minimum absolute atomic E-state index is 0.0162. The quantitative estimate of drug-likeness (QED) is 0.899. The number of sulfonamides is 1. The average Bonchev–Trinajstić information content (AvgIpc) is 2.42. The summed E-state index contributed by atoms with van der Waals surface area (Å²) in [5, 5.41) is 2.35. The van der Waals surface area contributed by atoms with Crippen molar-refractivity contribution in [2.45, 2.75) is 6.92 Å². The Balaban J connectivity index is 2.27. The number of carbonyl (C=O) groups excluding carboxylic acids is 1. The molecule has 0 aliphatic rings. The van der Waals surface area contributed by atoms with Crippen LogP contribution in [0.15, 0.2) is 36.4 Å². The highest BCUT2D eigenvalue weighted by Crippen LogP contribution is 2.20. The molecule has 0 saturated heterocycles. The summed E-state index contributed by atoms with van der Waals surface area (Å²) in [7, 11) is -3.69. The molecule has 2 N–H and O–H groups in total. The molecule has 0 spiro atoms. The van der Waals surface area contributed by atoms with Crippen molar-refractivity contribution in [1.29, 1.82) is 0 Å². The molecular formula is C15H14F2N2O3S. The van der Waals surface area contributed by atoms with Crippen LogP contribution in [0.1, 0.15) is 15.9 Å². The van der Waals surface area contributed by atoms with Gasteiger partial charge < -0.3 is 5.32 Å². The first-order valence-corrected chi connectivity index (χ1v) is 8.40. The van der Waals surface area contributed by atoms with Crippen LogP contribution in [0.5, 0.6) is 0 Å². The van der Waals surface area contributed by atoms with Crippen molar-refractivity contribution >= 4 is 27.3 Å². The summed E-state index contributed by atoms with van der Waals surface area (Å²) in [5.74, 6) is -2.12. The fraction of sp³-hybridized carbons (Fsp3) is 0.133. The zero-order valence-corrected chi connectivity index (χ0v) is 13.2. The Morgan fingerprint density at radius 1 is 1.00 bits per heavy atom. The molecule has 0 fully saturated rings. The fourth-order valence-corrected chi connectivity index (χ4v) is 2.42. The van der Waals surface area contributed by atoms with Gasteiger partial charge in [-0.1, -0.05) is 6.07 Å². The summed E-state index contributed by atoms with van der Waals surface area (Å²) in [6.45, 7) is 1.71. The minimum atomic E-state index is -3.69. The van der Waals surface area contributed by atoms with Crippen LogP contribution in [0.2, 0.25) is 0 Å². The molecule has 0 aliphatic heterocycles. The molecule has 8 heteroatoms. The smallest absolute Gasteiger partial charge is 0.255 e. The Bertz CT molecular complexity index is 867. The summed E-state index contributed by atoms with van der Waals surface area (Å²) < 4.78 is 51.6. The van der Waals surface area contributed by atoms with E-state index in [0.29, 0.717) is 5.56 Å². The lowest BCUT2D eigenvalue weighted by Gasteiger charge is -2.10. The molecule has 2 rings (SSSR count). The number of rotatable bonds is 4. The molecule has 0 heterocycles. The normalized spacial score (nSPS) is 11.1. The molecule has 0 bridgehead atoms. The second-order valence-corrected chi connectivity index (χ2v) is 6.75. The summed E-state index contributed by atoms with van der Waals surface area (Å²) in [5.41, 5.74) is 0.298. The van der Waals surface area contributed by atoms with Crippen LogP contribution < -0.4 is 10.0 Å². The van der Waals surface area contributed by atoms with E-state index in [1.807, 2.05) is 4.72 Å². The maximum atomic E-state index is 13.7. The van der Waals surface area contributed by atoms with Crippen LogP contribution in [0, 0.1) is 18.6 Å². The predicted octanol–water partition coefficient (Wildman–Crippen LogP) is 2.90. The summed E-state index contributed by atoms with van der Waals surface area (Å²) >= 11 is 0. The molecule has 2 aromatic rings. The highest BCUT2D eigenvalue weighted by molar-refractivity contribution is 7.92. The Hall–Kier alpha value is -2.48. The van der Waals surface area contributed by atoms with E-state index >= 15 is 0 Å². The topological polar surface area (TPSA) is 75.3 Å². The van der Waals surface area contributed by atoms with Crippen LogP contribution >= 0.6 is 0 Å². The molecule has 0 aromatic heterocycles. The van der Waals surface area contributed by atoms with Crippen molar-refractivity contribution in [3.8, 4) is 0 Å². The monoisotopic (exact) mass is 340 g/mol. The fourth-order valence-electron chi connectivity index (χ4n) is 1.86. The molecule has 1 amide bonds. The third-order valence-electron chi connectivity index (χ3n) is 2.90. The van der Waals surface area contributed by atoms with Crippen molar-refractivity contribution < 1.29 is 22.0 Å². The van der Waals surface area contributed by atoms with Gasteiger partial charge in [-0.2, -0.15) is 0 Å². The second-order valence-electron chi connectivity index (χ2n) is 5.01. The molecule has 122 valence electrons. The van der Waals surface area contributed by atoms with Gasteiger partial charge in [-0.05, 0) is 42.8 Å². The van der Waals surface area contributed by atoms with E-state index in [0.717, 1.165) is 18.4 Å². The SMILES string of the molecule is Cc1ccc(NC(=O)c2ccc(F)c(NS(C)(=O)=O)c2)c(F)c1. The maximum Gasteiger partial charge on any atom is 0.255 e. The van der Waals surface area contributed by atoms with Gasteiger partial charge in [0, 0.05) is 5.56 Å². The molecule has 0 unspecified atom stereocenters. The number of aryl methyl sites for hydroxylation is 1. The molecule has 5 nitrogen and oxygen atoms in total. The first-order valence-electron chi connectivity index (χ1n) is 6.50. The Labute approximate surface area is 132 Å². The van der Waals surface area contributed by atoms with Gasteiger partial charge in [0.2, 0.25) is 10.0 Å². The first kappa shape index (κ1) is 16.9. The molecule has 0 saturated carbocycles. The molecule has 2 aromatic carbocycles. The number of halogens is 2. The molecular weight excluding hydrogens is 326 g/mol. The number of carbonyl (C=O) groups is 1. The van der Waals surface area contributed by atoms with Gasteiger partial charge in [-0.3, -0.25) is 9.52 Å². The Morgan fingerprint density at radius 3 is 2.30 bits per heavy atom. The zero-order chi connectivity index (χ0) is 17.2. The van der Waals surface area contributed by atoms with Gasteiger partial charge in [-0.25, -0.2) is 17.2 Å². The third kappa shape index (κ3) is 4.49. The van der Waals surface area contributed by atoms with Crippen LogP contribution in [-0.2, 0) is 10.0 Å². The number of hydrogen-bond acceptors (Lipinski definition) is 3. The first-order chi connectivity index (χ1) is 10.7. The lowest BCUT2D eigenvalue weighted by molar-refractivity contribution is 0.102. The van der Waals surface area contributed by atoms with Crippen molar-refractivity contribution in [1.82, 2.24) is 0 Å². The van der Waals surface area contributed by atoms with E-state index in [1.165, 1.54) is 18.2 Å². The number of nitrogens with one attached hydrogen (secondary N) is 2. The van der Waals surface area contributed by atoms with E-state index in [2.05, 4.69) is 5.32 Å². The summed E-state index contributed by atoms with van der Waals surface area (Å²) in [6.07, 6.45) is 0.862. The average molecular weight is 340 g/mol. The molecule has 0 aliphatic carbocycles. The van der Waals surface area contributed by atoms with Crippen LogP contribution in [0.25, 0.3) is 0 Å². The van der Waals surface area contributed by atoms with Gasteiger partial charge in [-0.15, -0.1) is 0 Å². The Morgan fingerprint density at radius 2 is 1.70 bits per heavy atom. The van der Waals surface area contributed by atoms with Crippen molar-refractivity contribution in [3.05, 3.63) is 59.2 Å².